The van der Waals surface area contributed by atoms with E-state index in [1.807, 2.05) is 0 Å². The molecule has 21 heavy (non-hydrogen) atoms. The summed E-state index contributed by atoms with van der Waals surface area (Å²) in [7, 11) is 0. The van der Waals surface area contributed by atoms with E-state index < -0.39 is 23.5 Å². The van der Waals surface area contributed by atoms with Crippen molar-refractivity contribution in [3.63, 3.8) is 0 Å². The number of hydrogen-bond acceptors (Lipinski definition) is 2. The molecule has 2 aromatic carbocycles. The van der Waals surface area contributed by atoms with Crippen LogP contribution in [0.3, 0.4) is 0 Å². The molecule has 0 aliphatic rings. The minimum Gasteiger partial charge on any atom is -0.478 e. The van der Waals surface area contributed by atoms with Crippen LogP contribution in [0, 0.1) is 11.6 Å². The van der Waals surface area contributed by atoms with Crippen LogP contribution in [-0.4, -0.2) is 17.0 Å². The predicted molar refractivity (Wildman–Crippen MR) is 72.7 cm³/mol. The molecule has 0 spiro atoms. The first kappa shape index (κ1) is 14.9. The van der Waals surface area contributed by atoms with E-state index in [2.05, 4.69) is 5.32 Å². The van der Waals surface area contributed by atoms with Crippen molar-refractivity contribution in [3.05, 3.63) is 64.2 Å². The minimum absolute atomic E-state index is 0.106. The van der Waals surface area contributed by atoms with Crippen LogP contribution in [-0.2, 0) is 0 Å². The first-order valence-electron chi connectivity index (χ1n) is 5.67. The number of halogens is 3. The van der Waals surface area contributed by atoms with Crippen molar-refractivity contribution >= 4 is 29.2 Å². The highest BCUT2D eigenvalue weighted by atomic mass is 35.5. The third-order valence-electron chi connectivity index (χ3n) is 2.58. The van der Waals surface area contributed by atoms with E-state index >= 15 is 0 Å². The van der Waals surface area contributed by atoms with Gasteiger partial charge in [0.2, 0.25) is 0 Å². The molecular formula is C14H8ClF2NO3. The Morgan fingerprint density at radius 3 is 2.33 bits per heavy atom. The van der Waals surface area contributed by atoms with Crippen LogP contribution in [0.1, 0.15) is 20.7 Å². The maximum absolute atomic E-state index is 13.1. The molecule has 0 aliphatic carbocycles. The highest BCUT2D eigenvalue weighted by molar-refractivity contribution is 6.31. The molecule has 0 fully saturated rings. The second-order valence-corrected chi connectivity index (χ2v) is 4.55. The maximum Gasteiger partial charge on any atom is 0.335 e. The van der Waals surface area contributed by atoms with Gasteiger partial charge in [-0.05, 0) is 36.4 Å². The summed E-state index contributed by atoms with van der Waals surface area (Å²) < 4.78 is 25.9. The standard InChI is InChI=1S/C14H8ClF2NO3/c15-9-3-8(14(20)21)4-10(6-9)18-13(19)7-1-2-11(16)12(17)5-7/h1-6H,(H,18,19)(H,20,21). The zero-order chi connectivity index (χ0) is 15.6. The number of carbonyl (C=O) groups is 2. The normalized spacial score (nSPS) is 10.2. The van der Waals surface area contributed by atoms with Gasteiger partial charge < -0.3 is 10.4 Å². The smallest absolute Gasteiger partial charge is 0.335 e. The van der Waals surface area contributed by atoms with Gasteiger partial charge in [0.15, 0.2) is 11.6 Å². The molecule has 0 unspecified atom stereocenters. The van der Waals surface area contributed by atoms with Gasteiger partial charge in [-0.15, -0.1) is 0 Å². The number of nitrogens with one attached hydrogen (secondary N) is 1. The number of amides is 1. The van der Waals surface area contributed by atoms with Gasteiger partial charge in [-0.1, -0.05) is 11.6 Å². The summed E-state index contributed by atoms with van der Waals surface area (Å²) in [6.07, 6.45) is 0. The van der Waals surface area contributed by atoms with E-state index in [0.717, 1.165) is 18.2 Å². The van der Waals surface area contributed by atoms with Gasteiger partial charge in [0.1, 0.15) is 0 Å². The first-order chi connectivity index (χ1) is 9.86. The van der Waals surface area contributed by atoms with Crippen molar-refractivity contribution in [2.45, 2.75) is 0 Å². The Balaban J connectivity index is 2.27. The molecule has 0 saturated heterocycles. The summed E-state index contributed by atoms with van der Waals surface area (Å²) in [5, 5.41) is 11.4. The zero-order valence-corrected chi connectivity index (χ0v) is 11.1. The third kappa shape index (κ3) is 3.55. The van der Waals surface area contributed by atoms with Crippen molar-refractivity contribution in [3.8, 4) is 0 Å². The van der Waals surface area contributed by atoms with Gasteiger partial charge in [-0.2, -0.15) is 0 Å². The fraction of sp³-hybridized carbons (Fsp3) is 0. The minimum atomic E-state index is -1.21. The van der Waals surface area contributed by atoms with E-state index in [-0.39, 0.29) is 21.8 Å². The van der Waals surface area contributed by atoms with Gasteiger partial charge in [0.25, 0.3) is 5.91 Å². The molecule has 2 N–H and O–H groups in total. The number of rotatable bonds is 3. The van der Waals surface area contributed by atoms with Gasteiger partial charge in [-0.25, -0.2) is 13.6 Å². The molecular weight excluding hydrogens is 304 g/mol. The van der Waals surface area contributed by atoms with Crippen molar-refractivity contribution in [1.82, 2.24) is 0 Å². The summed E-state index contributed by atoms with van der Waals surface area (Å²) in [5.41, 5.74) is -0.0801. The molecule has 0 aromatic heterocycles. The van der Waals surface area contributed by atoms with Gasteiger partial charge >= 0.3 is 5.97 Å². The van der Waals surface area contributed by atoms with E-state index in [9.17, 15) is 18.4 Å². The second-order valence-electron chi connectivity index (χ2n) is 4.12. The number of carbonyl (C=O) groups excluding carboxylic acids is 1. The molecule has 0 atom stereocenters. The zero-order valence-electron chi connectivity index (χ0n) is 10.4. The summed E-state index contributed by atoms with van der Waals surface area (Å²) in [6.45, 7) is 0. The Kier molecular flexibility index (Phi) is 4.18. The second kappa shape index (κ2) is 5.88. The molecule has 0 saturated carbocycles. The van der Waals surface area contributed by atoms with Crippen LogP contribution >= 0.6 is 11.6 Å². The van der Waals surface area contributed by atoms with Gasteiger partial charge in [-0.3, -0.25) is 4.79 Å². The molecule has 0 bridgehead atoms. The Morgan fingerprint density at radius 1 is 1.00 bits per heavy atom. The first-order valence-corrected chi connectivity index (χ1v) is 6.05. The van der Waals surface area contributed by atoms with Crippen LogP contribution in [0.5, 0.6) is 0 Å². The summed E-state index contributed by atoms with van der Waals surface area (Å²) in [6, 6.07) is 6.43. The molecule has 4 nitrogen and oxygen atoms in total. The molecule has 0 aliphatic heterocycles. The fourth-order valence-corrected chi connectivity index (χ4v) is 1.86. The summed E-state index contributed by atoms with van der Waals surface area (Å²) in [5.74, 6) is -4.14. The largest absolute Gasteiger partial charge is 0.478 e. The molecule has 2 rings (SSSR count). The quantitative estimate of drug-likeness (QED) is 0.910. The van der Waals surface area contributed by atoms with Gasteiger partial charge in [0.05, 0.1) is 5.56 Å². The lowest BCUT2D eigenvalue weighted by atomic mass is 10.1. The molecule has 108 valence electrons. The number of benzene rings is 2. The monoisotopic (exact) mass is 311 g/mol. The topological polar surface area (TPSA) is 66.4 Å². The number of aromatic carboxylic acids is 1. The predicted octanol–water partition coefficient (Wildman–Crippen LogP) is 3.57. The van der Waals surface area contributed by atoms with Crippen molar-refractivity contribution in [2.75, 3.05) is 5.32 Å². The Morgan fingerprint density at radius 2 is 1.71 bits per heavy atom. The van der Waals surface area contributed by atoms with E-state index in [0.29, 0.717) is 0 Å². The third-order valence-corrected chi connectivity index (χ3v) is 2.80. The van der Waals surface area contributed by atoms with Crippen molar-refractivity contribution < 1.29 is 23.5 Å². The Hall–Kier alpha value is -2.47. The van der Waals surface area contributed by atoms with Gasteiger partial charge in [0, 0.05) is 16.3 Å². The fourth-order valence-electron chi connectivity index (χ4n) is 1.63. The van der Waals surface area contributed by atoms with Crippen molar-refractivity contribution in [1.29, 1.82) is 0 Å². The lowest BCUT2D eigenvalue weighted by molar-refractivity contribution is 0.0696. The van der Waals surface area contributed by atoms with Crippen LogP contribution in [0.25, 0.3) is 0 Å². The van der Waals surface area contributed by atoms with E-state index in [4.69, 9.17) is 16.7 Å². The van der Waals surface area contributed by atoms with Crippen LogP contribution < -0.4 is 5.32 Å². The number of carboxylic acid groups (broad SMARTS) is 1. The molecule has 1 amide bonds. The number of carboxylic acids is 1. The summed E-state index contributed by atoms with van der Waals surface area (Å²) >= 11 is 5.75. The number of hydrogen-bond donors (Lipinski definition) is 2. The number of anilines is 1. The molecule has 7 heteroatoms. The molecule has 2 aromatic rings. The Labute approximate surface area is 123 Å². The average molecular weight is 312 g/mol. The summed E-state index contributed by atoms with van der Waals surface area (Å²) in [4.78, 5) is 22.8. The van der Waals surface area contributed by atoms with Crippen LogP contribution in [0.2, 0.25) is 5.02 Å². The van der Waals surface area contributed by atoms with Crippen molar-refractivity contribution in [2.24, 2.45) is 0 Å². The molecule has 0 radical (unpaired) electrons. The highest BCUT2D eigenvalue weighted by Gasteiger charge is 2.12. The average Bonchev–Trinajstić information content (AvgIpc) is 2.41. The van der Waals surface area contributed by atoms with Crippen LogP contribution in [0.4, 0.5) is 14.5 Å². The lowest BCUT2D eigenvalue weighted by Gasteiger charge is -2.07. The molecule has 0 heterocycles. The van der Waals surface area contributed by atoms with E-state index in [1.165, 1.54) is 18.2 Å². The maximum atomic E-state index is 13.1. The lowest BCUT2D eigenvalue weighted by Crippen LogP contribution is -2.13. The highest BCUT2D eigenvalue weighted by Crippen LogP contribution is 2.20. The van der Waals surface area contributed by atoms with Crippen LogP contribution in [0.15, 0.2) is 36.4 Å². The van der Waals surface area contributed by atoms with E-state index in [1.54, 1.807) is 0 Å². The SMILES string of the molecule is O=C(O)c1cc(Cl)cc(NC(=O)c2ccc(F)c(F)c2)c1. The Bertz CT molecular complexity index is 734.